The summed E-state index contributed by atoms with van der Waals surface area (Å²) >= 11 is 0. The highest BCUT2D eigenvalue weighted by atomic mass is 16.7. The second-order valence-electron chi connectivity index (χ2n) is 8.19. The Balaban J connectivity index is 1.51. The molecule has 176 valence electrons. The number of benzene rings is 1. The molecule has 0 aliphatic carbocycles. The number of carbonyl (C=O) groups is 2. The Kier molecular flexibility index (Phi) is 6.61. The Morgan fingerprint density at radius 1 is 1.24 bits per heavy atom. The fourth-order valence-electron chi connectivity index (χ4n) is 4.03. The highest BCUT2D eigenvalue weighted by molar-refractivity contribution is 6.06. The molecule has 1 atom stereocenters. The van der Waals surface area contributed by atoms with Crippen molar-refractivity contribution in [2.45, 2.75) is 26.4 Å². The van der Waals surface area contributed by atoms with Crippen LogP contribution in [0.1, 0.15) is 29.8 Å². The average molecular weight is 456 g/mol. The van der Waals surface area contributed by atoms with E-state index in [4.69, 9.17) is 9.57 Å². The number of piperazine rings is 1. The number of amides is 1. The quantitative estimate of drug-likeness (QED) is 0.618. The van der Waals surface area contributed by atoms with Crippen LogP contribution in [-0.2, 0) is 16.2 Å². The standard InChI is InChI=1S/C22H29N7O4/c1-5-32-19-9-18-16(13-27(4)29(18)33-14-30)8-17(19)22(31)25-20-10-24-21(11-23-20)28-7-6-26(3)15(2)12-28/h8-11,14-15H,5-7,12-13H2,1-4H3,(H,23,25,31)/t15-/m0/s1. The van der Waals surface area contributed by atoms with Crippen LogP contribution in [0, 0.1) is 0 Å². The molecular weight excluding hydrogens is 426 g/mol. The normalized spacial score (nSPS) is 18.7. The number of carbonyl (C=O) groups excluding carboxylic acids is 2. The number of hydrogen-bond donors (Lipinski definition) is 1. The van der Waals surface area contributed by atoms with E-state index in [2.05, 4.69) is 39.1 Å². The zero-order chi connectivity index (χ0) is 23.5. The highest BCUT2D eigenvalue weighted by Crippen LogP contribution is 2.36. The lowest BCUT2D eigenvalue weighted by atomic mass is 10.1. The zero-order valence-electron chi connectivity index (χ0n) is 19.3. The zero-order valence-corrected chi connectivity index (χ0v) is 19.3. The van der Waals surface area contributed by atoms with Gasteiger partial charge in [0.05, 0.1) is 24.6 Å². The molecule has 2 aliphatic heterocycles. The topological polar surface area (TPSA) is 103 Å². The van der Waals surface area contributed by atoms with E-state index >= 15 is 0 Å². The Morgan fingerprint density at radius 2 is 2.06 bits per heavy atom. The van der Waals surface area contributed by atoms with Gasteiger partial charge in [-0.25, -0.2) is 9.97 Å². The Morgan fingerprint density at radius 3 is 2.73 bits per heavy atom. The summed E-state index contributed by atoms with van der Waals surface area (Å²) in [6.07, 6.45) is 3.25. The molecule has 1 aromatic heterocycles. The van der Waals surface area contributed by atoms with Crippen LogP contribution in [0.4, 0.5) is 17.3 Å². The summed E-state index contributed by atoms with van der Waals surface area (Å²) in [5.41, 5.74) is 1.85. The van der Waals surface area contributed by atoms with Gasteiger partial charge in [0.2, 0.25) is 0 Å². The van der Waals surface area contributed by atoms with Crippen molar-refractivity contribution in [1.29, 1.82) is 0 Å². The molecule has 0 radical (unpaired) electrons. The van der Waals surface area contributed by atoms with Gasteiger partial charge in [-0.15, -0.1) is 5.17 Å². The molecule has 1 N–H and O–H groups in total. The van der Waals surface area contributed by atoms with Gasteiger partial charge in [0, 0.05) is 45.3 Å². The van der Waals surface area contributed by atoms with E-state index in [0.717, 1.165) is 31.0 Å². The molecule has 2 aliphatic rings. The van der Waals surface area contributed by atoms with Gasteiger partial charge >= 0.3 is 6.47 Å². The Labute approximate surface area is 192 Å². The van der Waals surface area contributed by atoms with Crippen molar-refractivity contribution < 1.29 is 19.2 Å². The molecule has 0 unspecified atom stereocenters. The number of fused-ring (bicyclic) bond motifs is 1. The van der Waals surface area contributed by atoms with Crippen molar-refractivity contribution >= 4 is 29.7 Å². The maximum absolute atomic E-state index is 13.1. The van der Waals surface area contributed by atoms with E-state index in [1.165, 1.54) is 5.17 Å². The molecule has 0 saturated carbocycles. The molecule has 3 heterocycles. The molecule has 4 rings (SSSR count). The van der Waals surface area contributed by atoms with Crippen molar-refractivity contribution in [2.75, 3.05) is 55.7 Å². The molecule has 1 saturated heterocycles. The number of nitrogens with zero attached hydrogens (tertiary/aromatic N) is 6. The molecule has 33 heavy (non-hydrogen) atoms. The summed E-state index contributed by atoms with van der Waals surface area (Å²) in [7, 11) is 3.90. The summed E-state index contributed by atoms with van der Waals surface area (Å²) in [6.45, 7) is 7.96. The maximum Gasteiger partial charge on any atom is 0.322 e. The number of anilines is 3. The van der Waals surface area contributed by atoms with Crippen LogP contribution in [0.3, 0.4) is 0 Å². The Bertz CT molecular complexity index is 1020. The average Bonchev–Trinajstić information content (AvgIpc) is 3.10. The van der Waals surface area contributed by atoms with Crippen LogP contribution < -0.4 is 20.1 Å². The van der Waals surface area contributed by atoms with Gasteiger partial charge in [0.1, 0.15) is 17.3 Å². The lowest BCUT2D eigenvalue weighted by molar-refractivity contribution is -0.135. The van der Waals surface area contributed by atoms with E-state index in [0.29, 0.717) is 48.5 Å². The number of likely N-dealkylation sites (N-methyl/N-ethyl adjacent to an activating group) is 1. The molecule has 11 heteroatoms. The summed E-state index contributed by atoms with van der Waals surface area (Å²) in [4.78, 5) is 42.4. The largest absolute Gasteiger partial charge is 0.493 e. The molecule has 11 nitrogen and oxygen atoms in total. The van der Waals surface area contributed by atoms with E-state index in [9.17, 15) is 9.59 Å². The van der Waals surface area contributed by atoms with Crippen LogP contribution in [0.15, 0.2) is 24.5 Å². The van der Waals surface area contributed by atoms with Crippen molar-refractivity contribution in [3.05, 3.63) is 35.7 Å². The summed E-state index contributed by atoms with van der Waals surface area (Å²) in [6, 6.07) is 3.88. The number of hydrazine groups is 1. The highest BCUT2D eigenvalue weighted by Gasteiger charge is 2.30. The predicted molar refractivity (Wildman–Crippen MR) is 123 cm³/mol. The van der Waals surface area contributed by atoms with Crippen LogP contribution in [-0.4, -0.2) is 78.6 Å². The smallest absolute Gasteiger partial charge is 0.322 e. The monoisotopic (exact) mass is 455 g/mol. The molecule has 1 fully saturated rings. The van der Waals surface area contributed by atoms with Crippen LogP contribution in [0.25, 0.3) is 0 Å². The molecule has 1 aromatic carbocycles. The molecular formula is C22H29N7O4. The van der Waals surface area contributed by atoms with Gasteiger partial charge in [-0.3, -0.25) is 9.59 Å². The van der Waals surface area contributed by atoms with E-state index in [1.54, 1.807) is 36.6 Å². The van der Waals surface area contributed by atoms with Crippen molar-refractivity contribution in [3.63, 3.8) is 0 Å². The van der Waals surface area contributed by atoms with Crippen LogP contribution in [0.2, 0.25) is 0 Å². The molecule has 2 aromatic rings. The number of hydrogen-bond acceptors (Lipinski definition) is 10. The minimum absolute atomic E-state index is 0.353. The van der Waals surface area contributed by atoms with E-state index in [-0.39, 0.29) is 5.91 Å². The fraction of sp³-hybridized carbons (Fsp3) is 0.455. The lowest BCUT2D eigenvalue weighted by Crippen LogP contribution is -2.50. The van der Waals surface area contributed by atoms with Gasteiger partial charge in [-0.1, -0.05) is 0 Å². The maximum atomic E-state index is 13.1. The van der Waals surface area contributed by atoms with Crippen molar-refractivity contribution in [3.8, 4) is 5.75 Å². The SMILES string of the molecule is CCOc1cc2c(cc1C(=O)Nc1cnc(N3CCN(C)[C@@H](C)C3)cn1)CN(C)N2OC=O. The minimum atomic E-state index is -0.353. The van der Waals surface area contributed by atoms with Gasteiger partial charge in [0.25, 0.3) is 5.91 Å². The molecule has 1 amide bonds. The first kappa shape index (κ1) is 22.7. The lowest BCUT2D eigenvalue weighted by Gasteiger charge is -2.38. The van der Waals surface area contributed by atoms with Gasteiger partial charge < -0.3 is 24.7 Å². The fourth-order valence-corrected chi connectivity index (χ4v) is 4.03. The first-order valence-electron chi connectivity index (χ1n) is 10.9. The first-order valence-corrected chi connectivity index (χ1v) is 10.9. The third-order valence-corrected chi connectivity index (χ3v) is 5.95. The third kappa shape index (κ3) is 4.69. The van der Waals surface area contributed by atoms with E-state index in [1.807, 2.05) is 6.92 Å². The number of ether oxygens (including phenoxy) is 1. The van der Waals surface area contributed by atoms with Crippen molar-refractivity contribution in [1.82, 2.24) is 19.9 Å². The number of nitrogens with one attached hydrogen (secondary N) is 1. The second-order valence-corrected chi connectivity index (χ2v) is 8.19. The Hall–Kier alpha value is -3.44. The van der Waals surface area contributed by atoms with Gasteiger partial charge in [-0.2, -0.15) is 5.01 Å². The first-order chi connectivity index (χ1) is 15.9. The van der Waals surface area contributed by atoms with Gasteiger partial charge in [-0.05, 0) is 32.5 Å². The van der Waals surface area contributed by atoms with E-state index < -0.39 is 0 Å². The third-order valence-electron chi connectivity index (χ3n) is 5.95. The van der Waals surface area contributed by atoms with Crippen molar-refractivity contribution in [2.24, 2.45) is 0 Å². The second kappa shape index (κ2) is 9.59. The van der Waals surface area contributed by atoms with Gasteiger partial charge in [0.15, 0.2) is 5.82 Å². The number of aromatic nitrogens is 2. The van der Waals surface area contributed by atoms with Crippen LogP contribution in [0.5, 0.6) is 5.75 Å². The minimum Gasteiger partial charge on any atom is -0.493 e. The summed E-state index contributed by atoms with van der Waals surface area (Å²) in [5, 5.41) is 5.90. The molecule has 0 bridgehead atoms. The summed E-state index contributed by atoms with van der Waals surface area (Å²) in [5.74, 6) is 1.18. The predicted octanol–water partition coefficient (Wildman–Crippen LogP) is 1.52. The molecule has 0 spiro atoms. The van der Waals surface area contributed by atoms with Crippen LogP contribution >= 0.6 is 0 Å². The summed E-state index contributed by atoms with van der Waals surface area (Å²) < 4.78 is 5.70. The number of rotatable bonds is 7.